The fourth-order valence-corrected chi connectivity index (χ4v) is 2.24. The lowest BCUT2D eigenvalue weighted by atomic mass is 10.0. The number of hydrogen-bond acceptors (Lipinski definition) is 1. The number of benzene rings is 1. The van der Waals surface area contributed by atoms with Crippen LogP contribution in [0.1, 0.15) is 16.0 Å². The van der Waals surface area contributed by atoms with Crippen molar-refractivity contribution >= 4 is 11.3 Å². The van der Waals surface area contributed by atoms with E-state index in [-0.39, 0.29) is 11.3 Å². The SMILES string of the molecule is Cc1ccc(CC(F)(F)c2cccs2)cc1. The highest BCUT2D eigenvalue weighted by Gasteiger charge is 2.32. The summed E-state index contributed by atoms with van der Waals surface area (Å²) in [6.45, 7) is 1.95. The van der Waals surface area contributed by atoms with Gasteiger partial charge in [0.2, 0.25) is 0 Å². The molecule has 0 aliphatic heterocycles. The van der Waals surface area contributed by atoms with Crippen LogP contribution < -0.4 is 0 Å². The number of thiophene rings is 1. The van der Waals surface area contributed by atoms with Crippen molar-refractivity contribution in [2.45, 2.75) is 19.3 Å². The average Bonchev–Trinajstić information content (AvgIpc) is 2.75. The lowest BCUT2D eigenvalue weighted by molar-refractivity contribution is 0.000103. The van der Waals surface area contributed by atoms with Gasteiger partial charge < -0.3 is 0 Å². The normalized spacial score (nSPS) is 11.7. The molecule has 0 bridgehead atoms. The molecular formula is C13H12F2S. The molecule has 1 aromatic heterocycles. The fourth-order valence-electron chi connectivity index (χ4n) is 1.54. The van der Waals surface area contributed by atoms with Crippen LogP contribution in [0.15, 0.2) is 41.8 Å². The van der Waals surface area contributed by atoms with Crippen LogP contribution in [0.2, 0.25) is 0 Å². The molecule has 2 aromatic rings. The quantitative estimate of drug-likeness (QED) is 0.744. The van der Waals surface area contributed by atoms with Gasteiger partial charge in [0.05, 0.1) is 4.88 Å². The summed E-state index contributed by atoms with van der Waals surface area (Å²) in [5.74, 6) is -2.76. The molecule has 0 radical (unpaired) electrons. The van der Waals surface area contributed by atoms with Gasteiger partial charge >= 0.3 is 0 Å². The van der Waals surface area contributed by atoms with E-state index >= 15 is 0 Å². The summed E-state index contributed by atoms with van der Waals surface area (Å²) < 4.78 is 27.6. The first kappa shape index (κ1) is 11.3. The minimum absolute atomic E-state index is 0.132. The Hall–Kier alpha value is -1.22. The molecule has 0 atom stereocenters. The lowest BCUT2D eigenvalue weighted by Gasteiger charge is -2.14. The van der Waals surface area contributed by atoms with Crippen LogP contribution >= 0.6 is 11.3 Å². The molecule has 0 saturated heterocycles. The second-order valence-electron chi connectivity index (χ2n) is 3.84. The van der Waals surface area contributed by atoms with Gasteiger partial charge in [0.15, 0.2) is 0 Å². The molecule has 0 saturated carbocycles. The second kappa shape index (κ2) is 4.34. The highest BCUT2D eigenvalue weighted by atomic mass is 32.1. The van der Waals surface area contributed by atoms with E-state index in [4.69, 9.17) is 0 Å². The molecule has 2 rings (SSSR count). The van der Waals surface area contributed by atoms with Crippen molar-refractivity contribution in [3.63, 3.8) is 0 Å². The lowest BCUT2D eigenvalue weighted by Crippen LogP contribution is -2.15. The molecule has 0 aliphatic rings. The maximum atomic E-state index is 13.8. The first-order valence-corrected chi connectivity index (χ1v) is 5.93. The Kier molecular flexibility index (Phi) is 3.06. The third-order valence-corrected chi connectivity index (χ3v) is 3.41. The number of alkyl halides is 2. The zero-order valence-corrected chi connectivity index (χ0v) is 9.73. The molecule has 0 nitrogen and oxygen atoms in total. The maximum Gasteiger partial charge on any atom is 0.286 e. The van der Waals surface area contributed by atoms with Crippen LogP contribution in [0.25, 0.3) is 0 Å². The molecule has 0 unspecified atom stereocenters. The predicted molar refractivity (Wildman–Crippen MR) is 63.1 cm³/mol. The van der Waals surface area contributed by atoms with Gasteiger partial charge in [0, 0.05) is 6.42 Å². The Balaban J connectivity index is 2.18. The zero-order valence-electron chi connectivity index (χ0n) is 8.91. The van der Waals surface area contributed by atoms with E-state index in [9.17, 15) is 8.78 Å². The van der Waals surface area contributed by atoms with Crippen LogP contribution in [0, 0.1) is 6.92 Å². The summed E-state index contributed by atoms with van der Waals surface area (Å²) in [6, 6.07) is 10.4. The largest absolute Gasteiger partial charge is 0.286 e. The van der Waals surface area contributed by atoms with E-state index in [1.165, 1.54) is 6.07 Å². The number of hydrogen-bond donors (Lipinski definition) is 0. The summed E-state index contributed by atoms with van der Waals surface area (Å²) in [7, 11) is 0. The van der Waals surface area contributed by atoms with Crippen LogP contribution in [0.4, 0.5) is 8.78 Å². The molecule has 0 spiro atoms. The number of rotatable bonds is 3. The average molecular weight is 238 g/mol. The van der Waals surface area contributed by atoms with Gasteiger partial charge in [-0.2, -0.15) is 0 Å². The van der Waals surface area contributed by atoms with Crippen LogP contribution in [-0.2, 0) is 12.3 Å². The van der Waals surface area contributed by atoms with Crippen molar-refractivity contribution in [2.24, 2.45) is 0 Å². The van der Waals surface area contributed by atoms with E-state index in [1.807, 2.05) is 19.1 Å². The Morgan fingerprint density at radius 3 is 2.38 bits per heavy atom. The van der Waals surface area contributed by atoms with E-state index in [1.54, 1.807) is 23.6 Å². The Labute approximate surface area is 97.6 Å². The van der Waals surface area contributed by atoms with Crippen molar-refractivity contribution in [3.8, 4) is 0 Å². The van der Waals surface area contributed by atoms with Crippen LogP contribution in [0.3, 0.4) is 0 Å². The van der Waals surface area contributed by atoms with Crippen molar-refractivity contribution in [2.75, 3.05) is 0 Å². The Morgan fingerprint density at radius 2 is 1.81 bits per heavy atom. The maximum absolute atomic E-state index is 13.8. The van der Waals surface area contributed by atoms with Crippen LogP contribution in [-0.4, -0.2) is 0 Å². The van der Waals surface area contributed by atoms with E-state index in [2.05, 4.69) is 0 Å². The molecule has 0 amide bonds. The first-order chi connectivity index (χ1) is 7.58. The third kappa shape index (κ3) is 2.47. The van der Waals surface area contributed by atoms with Gasteiger partial charge in [-0.25, -0.2) is 8.78 Å². The standard InChI is InChI=1S/C13H12F2S/c1-10-4-6-11(7-5-10)9-13(14,15)12-3-2-8-16-12/h2-8H,9H2,1H3. The predicted octanol–water partition coefficient (Wildman–Crippen LogP) is 4.39. The summed E-state index contributed by atoms with van der Waals surface area (Å²) >= 11 is 1.10. The molecule has 0 fully saturated rings. The van der Waals surface area contributed by atoms with E-state index in [0.717, 1.165) is 16.9 Å². The number of halogens is 2. The fraction of sp³-hybridized carbons (Fsp3) is 0.231. The minimum Gasteiger partial charge on any atom is -0.200 e. The molecule has 0 N–H and O–H groups in total. The van der Waals surface area contributed by atoms with Gasteiger partial charge in [-0.15, -0.1) is 11.3 Å². The van der Waals surface area contributed by atoms with Gasteiger partial charge in [-0.3, -0.25) is 0 Å². The van der Waals surface area contributed by atoms with Crippen molar-refractivity contribution in [3.05, 3.63) is 57.8 Å². The third-order valence-electron chi connectivity index (χ3n) is 2.43. The topological polar surface area (TPSA) is 0 Å². The Morgan fingerprint density at radius 1 is 1.12 bits per heavy atom. The monoisotopic (exact) mass is 238 g/mol. The van der Waals surface area contributed by atoms with Gasteiger partial charge in [0.25, 0.3) is 5.92 Å². The minimum atomic E-state index is -2.76. The molecular weight excluding hydrogens is 226 g/mol. The summed E-state index contributed by atoms with van der Waals surface area (Å²) in [5, 5.41) is 1.68. The van der Waals surface area contributed by atoms with Gasteiger partial charge in [-0.1, -0.05) is 35.9 Å². The summed E-state index contributed by atoms with van der Waals surface area (Å²) in [4.78, 5) is 0.132. The molecule has 3 heteroatoms. The molecule has 0 aliphatic carbocycles. The number of aryl methyl sites for hydroxylation is 1. The molecule has 16 heavy (non-hydrogen) atoms. The smallest absolute Gasteiger partial charge is 0.200 e. The molecule has 1 aromatic carbocycles. The first-order valence-electron chi connectivity index (χ1n) is 5.05. The zero-order chi connectivity index (χ0) is 11.6. The Bertz CT molecular complexity index is 443. The summed E-state index contributed by atoms with van der Waals surface area (Å²) in [6.07, 6.45) is -0.228. The highest BCUT2D eigenvalue weighted by Crippen LogP contribution is 2.34. The molecule has 1 heterocycles. The van der Waals surface area contributed by atoms with Crippen molar-refractivity contribution in [1.82, 2.24) is 0 Å². The van der Waals surface area contributed by atoms with Gasteiger partial charge in [-0.05, 0) is 23.9 Å². The van der Waals surface area contributed by atoms with E-state index in [0.29, 0.717) is 5.56 Å². The van der Waals surface area contributed by atoms with Crippen molar-refractivity contribution < 1.29 is 8.78 Å². The highest BCUT2D eigenvalue weighted by molar-refractivity contribution is 7.10. The summed E-state index contributed by atoms with van der Waals surface area (Å²) in [5.41, 5.74) is 1.76. The van der Waals surface area contributed by atoms with Crippen LogP contribution in [0.5, 0.6) is 0 Å². The van der Waals surface area contributed by atoms with E-state index < -0.39 is 5.92 Å². The molecule has 84 valence electrons. The second-order valence-corrected chi connectivity index (χ2v) is 4.79. The van der Waals surface area contributed by atoms with Crippen molar-refractivity contribution in [1.29, 1.82) is 0 Å². The van der Waals surface area contributed by atoms with Gasteiger partial charge in [0.1, 0.15) is 0 Å².